The highest BCUT2D eigenvalue weighted by Crippen LogP contribution is 2.40. The molecule has 0 aromatic heterocycles. The van der Waals surface area contributed by atoms with E-state index in [1.54, 1.807) is 13.0 Å². The molecular weight excluding hydrogens is 232 g/mol. The third kappa shape index (κ3) is 2.39. The van der Waals surface area contributed by atoms with Crippen molar-refractivity contribution in [3.05, 3.63) is 22.2 Å². The van der Waals surface area contributed by atoms with E-state index in [1.807, 2.05) is 0 Å². The highest BCUT2D eigenvalue weighted by atomic mass is 35.5. The second-order valence-corrected chi connectivity index (χ2v) is 3.70. The van der Waals surface area contributed by atoms with E-state index in [4.69, 9.17) is 26.2 Å². The molecule has 0 atom stereocenters. The Kier molecular flexibility index (Phi) is 4.01. The van der Waals surface area contributed by atoms with Crippen molar-refractivity contribution in [1.82, 2.24) is 0 Å². The molecule has 0 heterocycles. The molecule has 0 aliphatic rings. The van der Waals surface area contributed by atoms with Crippen molar-refractivity contribution in [2.45, 2.75) is 13.3 Å². The lowest BCUT2D eigenvalue weighted by Crippen LogP contribution is -2.06. The molecule has 0 saturated carbocycles. The minimum absolute atomic E-state index is 0.122. The summed E-state index contributed by atoms with van der Waals surface area (Å²) in [7, 11) is 2.92. The van der Waals surface area contributed by atoms with Crippen LogP contribution in [0.15, 0.2) is 6.07 Å². The van der Waals surface area contributed by atoms with Crippen molar-refractivity contribution in [3.8, 4) is 11.5 Å². The summed E-state index contributed by atoms with van der Waals surface area (Å²) in [5.41, 5.74) is 1.35. The summed E-state index contributed by atoms with van der Waals surface area (Å²) in [5.74, 6) is -0.174. The third-order valence-electron chi connectivity index (χ3n) is 2.25. The van der Waals surface area contributed by atoms with E-state index < -0.39 is 5.97 Å². The Labute approximate surface area is 98.7 Å². The number of carbonyl (C=O) groups is 1. The zero-order valence-corrected chi connectivity index (χ0v) is 10.1. The van der Waals surface area contributed by atoms with Gasteiger partial charge in [-0.1, -0.05) is 11.6 Å². The number of ether oxygens (including phenoxy) is 2. The lowest BCUT2D eigenvalue weighted by atomic mass is 10.0. The van der Waals surface area contributed by atoms with Gasteiger partial charge >= 0.3 is 5.97 Å². The highest BCUT2D eigenvalue weighted by molar-refractivity contribution is 6.32. The molecule has 88 valence electrons. The fourth-order valence-electron chi connectivity index (χ4n) is 1.54. The molecule has 1 rings (SSSR count). The molecule has 5 heteroatoms. The monoisotopic (exact) mass is 244 g/mol. The summed E-state index contributed by atoms with van der Waals surface area (Å²) < 4.78 is 10.3. The van der Waals surface area contributed by atoms with Crippen LogP contribution in [-0.2, 0) is 11.2 Å². The predicted molar refractivity (Wildman–Crippen MR) is 60.6 cm³/mol. The molecule has 0 saturated heterocycles. The first kappa shape index (κ1) is 12.6. The van der Waals surface area contributed by atoms with Gasteiger partial charge in [-0.05, 0) is 18.6 Å². The first-order valence-corrected chi connectivity index (χ1v) is 5.00. The van der Waals surface area contributed by atoms with Crippen LogP contribution >= 0.6 is 11.6 Å². The van der Waals surface area contributed by atoms with Crippen LogP contribution in [0.2, 0.25) is 5.02 Å². The lowest BCUT2D eigenvalue weighted by molar-refractivity contribution is -0.136. The number of aliphatic carboxylic acids is 1. The fraction of sp³-hybridized carbons (Fsp3) is 0.364. The first-order valence-electron chi connectivity index (χ1n) is 4.63. The Morgan fingerprint density at radius 1 is 1.38 bits per heavy atom. The molecule has 0 radical (unpaired) electrons. The number of aryl methyl sites for hydroxylation is 1. The fourth-order valence-corrected chi connectivity index (χ4v) is 1.87. The first-order chi connectivity index (χ1) is 7.51. The largest absolute Gasteiger partial charge is 0.492 e. The standard InChI is InChI=1S/C11H13ClO4/c1-6-4-8(12)11(16-3)10(15-2)7(6)5-9(13)14/h4H,5H2,1-3H3,(H,13,14). The van der Waals surface area contributed by atoms with Crippen LogP contribution in [0, 0.1) is 6.92 Å². The van der Waals surface area contributed by atoms with Gasteiger partial charge < -0.3 is 14.6 Å². The molecule has 0 aliphatic heterocycles. The summed E-state index contributed by atoms with van der Waals surface area (Å²) in [5, 5.41) is 9.22. The minimum atomic E-state index is -0.925. The van der Waals surface area contributed by atoms with Crippen molar-refractivity contribution in [2.75, 3.05) is 14.2 Å². The van der Waals surface area contributed by atoms with Crippen molar-refractivity contribution in [1.29, 1.82) is 0 Å². The topological polar surface area (TPSA) is 55.8 Å². The van der Waals surface area contributed by atoms with Crippen LogP contribution in [0.4, 0.5) is 0 Å². The molecule has 1 aromatic rings. The number of benzene rings is 1. The zero-order chi connectivity index (χ0) is 12.3. The third-order valence-corrected chi connectivity index (χ3v) is 2.53. The van der Waals surface area contributed by atoms with E-state index in [2.05, 4.69) is 0 Å². The number of halogens is 1. The van der Waals surface area contributed by atoms with Gasteiger partial charge in [0, 0.05) is 5.56 Å². The normalized spacial score (nSPS) is 10.0. The number of hydrogen-bond donors (Lipinski definition) is 1. The van der Waals surface area contributed by atoms with Crippen LogP contribution in [0.25, 0.3) is 0 Å². The summed E-state index contributed by atoms with van der Waals surface area (Å²) in [6, 6.07) is 1.67. The lowest BCUT2D eigenvalue weighted by Gasteiger charge is -2.15. The van der Waals surface area contributed by atoms with E-state index in [1.165, 1.54) is 14.2 Å². The van der Waals surface area contributed by atoms with Crippen molar-refractivity contribution < 1.29 is 19.4 Å². The van der Waals surface area contributed by atoms with Crippen LogP contribution < -0.4 is 9.47 Å². The average Bonchev–Trinajstić information content (AvgIpc) is 2.20. The maximum atomic E-state index is 10.7. The maximum Gasteiger partial charge on any atom is 0.307 e. The molecule has 1 N–H and O–H groups in total. The van der Waals surface area contributed by atoms with Gasteiger partial charge in [0.05, 0.1) is 25.7 Å². The van der Waals surface area contributed by atoms with Crippen molar-refractivity contribution >= 4 is 17.6 Å². The second-order valence-electron chi connectivity index (χ2n) is 3.29. The number of hydrogen-bond acceptors (Lipinski definition) is 3. The molecule has 1 aromatic carbocycles. The number of carboxylic acid groups (broad SMARTS) is 1. The van der Waals surface area contributed by atoms with Gasteiger partial charge in [0.15, 0.2) is 11.5 Å². The van der Waals surface area contributed by atoms with E-state index in [0.717, 1.165) is 5.56 Å². The molecule has 0 aliphatic carbocycles. The van der Waals surface area contributed by atoms with Crippen LogP contribution in [0.5, 0.6) is 11.5 Å². The van der Waals surface area contributed by atoms with E-state index in [0.29, 0.717) is 22.1 Å². The van der Waals surface area contributed by atoms with Crippen molar-refractivity contribution in [2.24, 2.45) is 0 Å². The van der Waals surface area contributed by atoms with Gasteiger partial charge in [0.2, 0.25) is 0 Å². The van der Waals surface area contributed by atoms with E-state index in [9.17, 15) is 4.79 Å². The van der Waals surface area contributed by atoms with Crippen molar-refractivity contribution in [3.63, 3.8) is 0 Å². The summed E-state index contributed by atoms with van der Waals surface area (Å²) >= 11 is 5.97. The number of rotatable bonds is 4. The molecule has 0 unspecified atom stereocenters. The molecule has 0 fully saturated rings. The SMILES string of the molecule is COc1c(Cl)cc(C)c(CC(=O)O)c1OC. The Balaban J connectivity index is 3.39. The quantitative estimate of drug-likeness (QED) is 0.883. The van der Waals surface area contributed by atoms with Crippen LogP contribution in [0.3, 0.4) is 0 Å². The molecule has 0 bridgehead atoms. The Morgan fingerprint density at radius 2 is 1.94 bits per heavy atom. The molecule has 0 amide bonds. The Hall–Kier alpha value is -1.42. The highest BCUT2D eigenvalue weighted by Gasteiger charge is 2.18. The van der Waals surface area contributed by atoms with Gasteiger partial charge in [0.1, 0.15) is 0 Å². The molecule has 4 nitrogen and oxygen atoms in total. The summed E-state index contributed by atoms with van der Waals surface area (Å²) in [6.07, 6.45) is -0.122. The molecule has 16 heavy (non-hydrogen) atoms. The van der Waals surface area contributed by atoms with E-state index >= 15 is 0 Å². The smallest absolute Gasteiger partial charge is 0.307 e. The van der Waals surface area contributed by atoms with E-state index in [-0.39, 0.29) is 6.42 Å². The van der Waals surface area contributed by atoms with Crippen LogP contribution in [-0.4, -0.2) is 25.3 Å². The van der Waals surface area contributed by atoms with Gasteiger partial charge in [-0.15, -0.1) is 0 Å². The van der Waals surface area contributed by atoms with Crippen LogP contribution in [0.1, 0.15) is 11.1 Å². The summed E-state index contributed by atoms with van der Waals surface area (Å²) in [4.78, 5) is 10.7. The predicted octanol–water partition coefficient (Wildman–Crippen LogP) is 2.29. The maximum absolute atomic E-state index is 10.7. The average molecular weight is 245 g/mol. The minimum Gasteiger partial charge on any atom is -0.492 e. The number of carboxylic acids is 1. The number of methoxy groups -OCH3 is 2. The molecular formula is C11H13ClO4. The van der Waals surface area contributed by atoms with Gasteiger partial charge in [-0.25, -0.2) is 0 Å². The van der Waals surface area contributed by atoms with Gasteiger partial charge in [-0.3, -0.25) is 4.79 Å². The Bertz CT molecular complexity index is 415. The van der Waals surface area contributed by atoms with Gasteiger partial charge in [-0.2, -0.15) is 0 Å². The Morgan fingerprint density at radius 3 is 2.38 bits per heavy atom. The summed E-state index contributed by atoms with van der Waals surface area (Å²) in [6.45, 7) is 1.78. The molecule has 0 spiro atoms. The zero-order valence-electron chi connectivity index (χ0n) is 9.33. The van der Waals surface area contributed by atoms with Gasteiger partial charge in [0.25, 0.3) is 0 Å². The second kappa shape index (κ2) is 5.07.